The van der Waals surface area contributed by atoms with Crippen LogP contribution in [0.25, 0.3) is 0 Å². The van der Waals surface area contributed by atoms with E-state index in [2.05, 4.69) is 28.9 Å². The first-order valence-corrected chi connectivity index (χ1v) is 7.12. The third kappa shape index (κ3) is 2.14. The summed E-state index contributed by atoms with van der Waals surface area (Å²) in [5.74, 6) is 1.17. The third-order valence-corrected chi connectivity index (χ3v) is 4.40. The van der Waals surface area contributed by atoms with E-state index < -0.39 is 0 Å². The van der Waals surface area contributed by atoms with E-state index >= 15 is 0 Å². The van der Waals surface area contributed by atoms with Gasteiger partial charge in [0, 0.05) is 30.4 Å². The van der Waals surface area contributed by atoms with Crippen LogP contribution in [0.3, 0.4) is 0 Å². The number of fused-ring (bicyclic) bond motifs is 1. The van der Waals surface area contributed by atoms with Crippen molar-refractivity contribution in [3.05, 3.63) is 11.3 Å². The fourth-order valence-electron chi connectivity index (χ4n) is 3.28. The Labute approximate surface area is 109 Å². The highest BCUT2D eigenvalue weighted by atomic mass is 15.3. The molecule has 1 unspecified atom stereocenters. The molecule has 1 aliphatic carbocycles. The zero-order valence-corrected chi connectivity index (χ0v) is 11.5. The summed E-state index contributed by atoms with van der Waals surface area (Å²) in [6, 6.07) is 0.308. The number of nitrogens with zero attached hydrogens (tertiary/aromatic N) is 2. The van der Waals surface area contributed by atoms with Gasteiger partial charge >= 0.3 is 0 Å². The molecule has 0 saturated carbocycles. The molecule has 1 atom stereocenters. The van der Waals surface area contributed by atoms with Crippen molar-refractivity contribution in [2.24, 2.45) is 11.1 Å². The Morgan fingerprint density at radius 2 is 2.28 bits per heavy atom. The second-order valence-electron chi connectivity index (χ2n) is 6.69. The molecule has 18 heavy (non-hydrogen) atoms. The molecule has 0 amide bonds. The summed E-state index contributed by atoms with van der Waals surface area (Å²) < 4.78 is 0. The van der Waals surface area contributed by atoms with Gasteiger partial charge in [0.2, 0.25) is 0 Å². The Balaban J connectivity index is 1.87. The molecule has 2 heterocycles. The van der Waals surface area contributed by atoms with Crippen LogP contribution in [0.4, 0.5) is 5.82 Å². The van der Waals surface area contributed by atoms with Crippen LogP contribution in [0, 0.1) is 5.41 Å². The lowest BCUT2D eigenvalue weighted by Gasteiger charge is -2.34. The van der Waals surface area contributed by atoms with E-state index in [1.54, 1.807) is 0 Å². The molecule has 0 aromatic carbocycles. The second-order valence-corrected chi connectivity index (χ2v) is 6.69. The number of nitrogens with one attached hydrogen (secondary N) is 1. The van der Waals surface area contributed by atoms with Gasteiger partial charge < -0.3 is 10.6 Å². The van der Waals surface area contributed by atoms with Gasteiger partial charge in [0.15, 0.2) is 5.82 Å². The standard InChI is InChI=1S/C14H24N4/c1-14(2)6-5-12-11(8-14)13(17-16-12)18-7-3-4-10(15)9-18/h10H,3-9,15H2,1-2H3,(H,16,17). The maximum atomic E-state index is 6.08. The molecular weight excluding hydrogens is 224 g/mol. The van der Waals surface area contributed by atoms with Crippen molar-refractivity contribution in [1.29, 1.82) is 0 Å². The molecule has 100 valence electrons. The van der Waals surface area contributed by atoms with Crippen LogP contribution < -0.4 is 10.6 Å². The summed E-state index contributed by atoms with van der Waals surface area (Å²) >= 11 is 0. The first-order chi connectivity index (χ1) is 8.55. The summed E-state index contributed by atoms with van der Waals surface area (Å²) in [6.07, 6.45) is 5.86. The number of piperidine rings is 1. The molecule has 1 aliphatic heterocycles. The number of H-pyrrole nitrogens is 1. The number of rotatable bonds is 1. The predicted molar refractivity (Wildman–Crippen MR) is 73.8 cm³/mol. The van der Waals surface area contributed by atoms with Gasteiger partial charge in [-0.15, -0.1) is 0 Å². The fraction of sp³-hybridized carbons (Fsp3) is 0.786. The minimum absolute atomic E-state index is 0.308. The summed E-state index contributed by atoms with van der Waals surface area (Å²) in [5, 5.41) is 7.81. The molecule has 4 heteroatoms. The minimum atomic E-state index is 0.308. The molecule has 1 fully saturated rings. The average Bonchev–Trinajstić information content (AvgIpc) is 2.70. The molecule has 3 rings (SSSR count). The van der Waals surface area contributed by atoms with Gasteiger partial charge in [-0.2, -0.15) is 5.10 Å². The Kier molecular flexibility index (Phi) is 2.85. The van der Waals surface area contributed by atoms with Gasteiger partial charge in [0.05, 0.1) is 0 Å². The van der Waals surface area contributed by atoms with Crippen LogP contribution in [-0.4, -0.2) is 29.3 Å². The molecule has 3 N–H and O–H groups in total. The summed E-state index contributed by atoms with van der Waals surface area (Å²) in [5.41, 5.74) is 9.28. The van der Waals surface area contributed by atoms with Crippen molar-refractivity contribution < 1.29 is 0 Å². The van der Waals surface area contributed by atoms with Crippen molar-refractivity contribution in [2.75, 3.05) is 18.0 Å². The zero-order chi connectivity index (χ0) is 12.8. The quantitative estimate of drug-likeness (QED) is 0.797. The van der Waals surface area contributed by atoms with E-state index in [9.17, 15) is 0 Å². The normalized spacial score (nSPS) is 27.1. The van der Waals surface area contributed by atoms with Gasteiger partial charge in [0.1, 0.15) is 0 Å². The lowest BCUT2D eigenvalue weighted by molar-refractivity contribution is 0.314. The topological polar surface area (TPSA) is 57.9 Å². The van der Waals surface area contributed by atoms with E-state index in [-0.39, 0.29) is 0 Å². The third-order valence-electron chi connectivity index (χ3n) is 4.40. The van der Waals surface area contributed by atoms with Crippen molar-refractivity contribution >= 4 is 5.82 Å². The highest BCUT2D eigenvalue weighted by molar-refractivity contribution is 5.51. The number of hydrogen-bond donors (Lipinski definition) is 2. The van der Waals surface area contributed by atoms with Crippen LogP contribution in [0.1, 0.15) is 44.4 Å². The number of aryl methyl sites for hydroxylation is 1. The van der Waals surface area contributed by atoms with E-state index in [0.29, 0.717) is 11.5 Å². The Bertz CT molecular complexity index is 435. The molecule has 0 spiro atoms. The predicted octanol–water partition coefficient (Wildman–Crippen LogP) is 1.85. The summed E-state index contributed by atoms with van der Waals surface area (Å²) in [4.78, 5) is 2.38. The van der Waals surface area contributed by atoms with Gasteiger partial charge in [-0.25, -0.2) is 0 Å². The number of aromatic amines is 1. The van der Waals surface area contributed by atoms with E-state index in [1.807, 2.05) is 0 Å². The fourth-order valence-corrected chi connectivity index (χ4v) is 3.28. The Morgan fingerprint density at radius 3 is 3.06 bits per heavy atom. The summed E-state index contributed by atoms with van der Waals surface area (Å²) in [7, 11) is 0. The van der Waals surface area contributed by atoms with Crippen LogP contribution in [0.2, 0.25) is 0 Å². The first kappa shape index (κ1) is 12.0. The molecule has 0 radical (unpaired) electrons. The van der Waals surface area contributed by atoms with Gasteiger partial charge in [-0.1, -0.05) is 13.8 Å². The van der Waals surface area contributed by atoms with Crippen LogP contribution >= 0.6 is 0 Å². The molecule has 1 saturated heterocycles. The maximum Gasteiger partial charge on any atom is 0.153 e. The Morgan fingerprint density at radius 1 is 1.44 bits per heavy atom. The van der Waals surface area contributed by atoms with Gasteiger partial charge in [-0.3, -0.25) is 5.10 Å². The largest absolute Gasteiger partial charge is 0.353 e. The zero-order valence-electron chi connectivity index (χ0n) is 11.5. The van der Waals surface area contributed by atoms with Crippen molar-refractivity contribution in [3.63, 3.8) is 0 Å². The lowest BCUT2D eigenvalue weighted by atomic mass is 9.76. The SMILES string of the molecule is CC1(C)CCc2[nH]nc(N3CCCC(N)C3)c2C1. The molecule has 0 bridgehead atoms. The molecular formula is C14H24N4. The minimum Gasteiger partial charge on any atom is -0.353 e. The van der Waals surface area contributed by atoms with E-state index in [0.717, 1.165) is 32.4 Å². The Hall–Kier alpha value is -1.03. The van der Waals surface area contributed by atoms with E-state index in [4.69, 9.17) is 5.73 Å². The van der Waals surface area contributed by atoms with Crippen LogP contribution in [0.15, 0.2) is 0 Å². The van der Waals surface area contributed by atoms with Crippen molar-refractivity contribution in [1.82, 2.24) is 10.2 Å². The molecule has 1 aromatic heterocycles. The smallest absolute Gasteiger partial charge is 0.153 e. The van der Waals surface area contributed by atoms with Crippen LogP contribution in [-0.2, 0) is 12.8 Å². The molecule has 1 aromatic rings. The van der Waals surface area contributed by atoms with Crippen molar-refractivity contribution in [2.45, 2.75) is 52.0 Å². The number of aromatic nitrogens is 2. The molecule has 4 nitrogen and oxygen atoms in total. The maximum absolute atomic E-state index is 6.08. The van der Waals surface area contributed by atoms with Crippen molar-refractivity contribution in [3.8, 4) is 0 Å². The monoisotopic (exact) mass is 248 g/mol. The number of nitrogens with two attached hydrogens (primary N) is 1. The number of anilines is 1. The van der Waals surface area contributed by atoms with Gasteiger partial charge in [-0.05, 0) is 37.5 Å². The van der Waals surface area contributed by atoms with Crippen LogP contribution in [0.5, 0.6) is 0 Å². The summed E-state index contributed by atoms with van der Waals surface area (Å²) in [6.45, 7) is 6.77. The highest BCUT2D eigenvalue weighted by Gasteiger charge is 2.31. The van der Waals surface area contributed by atoms with E-state index in [1.165, 1.54) is 29.9 Å². The lowest BCUT2D eigenvalue weighted by Crippen LogP contribution is -2.43. The first-order valence-electron chi connectivity index (χ1n) is 7.12. The highest BCUT2D eigenvalue weighted by Crippen LogP contribution is 2.38. The van der Waals surface area contributed by atoms with Gasteiger partial charge in [0.25, 0.3) is 0 Å². The second kappa shape index (κ2) is 4.26. The number of hydrogen-bond acceptors (Lipinski definition) is 3. The molecule has 2 aliphatic rings. The average molecular weight is 248 g/mol.